The summed E-state index contributed by atoms with van der Waals surface area (Å²) in [5.74, 6) is -12.7. The Bertz CT molecular complexity index is 368. The molecule has 0 aromatic rings. The molecule has 1 aliphatic rings. The Balaban J connectivity index is -0.000000361. The summed E-state index contributed by atoms with van der Waals surface area (Å²) in [5, 5.41) is 42.2. The molecule has 1 aliphatic heterocycles. The zero-order chi connectivity index (χ0) is 13.3. The van der Waals surface area contributed by atoms with Crippen molar-refractivity contribution in [3.63, 3.8) is 0 Å². The molecule has 0 bridgehead atoms. The van der Waals surface area contributed by atoms with Crippen molar-refractivity contribution < 1.29 is 184 Å². The van der Waals surface area contributed by atoms with Crippen molar-refractivity contribution in [2.24, 2.45) is 11.8 Å². The summed E-state index contributed by atoms with van der Waals surface area (Å²) in [6.45, 7) is 0. The molecule has 94 valence electrons. The van der Waals surface area contributed by atoms with Crippen LogP contribution in [0.3, 0.4) is 0 Å². The number of carbonyl (C=O) groups excluding carboxylic acids is 4. The van der Waals surface area contributed by atoms with Crippen LogP contribution in [0.4, 0.5) is 0 Å². The minimum absolute atomic E-state index is 0. The number of carboxylic acid groups (broad SMARTS) is 4. The van der Waals surface area contributed by atoms with E-state index in [0.29, 0.717) is 0 Å². The summed E-state index contributed by atoms with van der Waals surface area (Å²) in [7, 11) is 0. The third kappa shape index (κ3) is 7.93. The van der Waals surface area contributed by atoms with Crippen molar-refractivity contribution in [3.8, 4) is 0 Å². The Morgan fingerprint density at radius 2 is 0.857 bits per heavy atom. The third-order valence-electron chi connectivity index (χ3n) is 2.34. The number of hydrogen-bond acceptors (Lipinski definition) is 9. The van der Waals surface area contributed by atoms with Crippen LogP contribution >= 0.6 is 0 Å². The Morgan fingerprint density at radius 1 is 0.619 bits per heavy atom. The molecule has 0 aromatic heterocycles. The average molecular weight is 352 g/mol. The van der Waals surface area contributed by atoms with Gasteiger partial charge in [-0.2, -0.15) is 0 Å². The van der Waals surface area contributed by atoms with Gasteiger partial charge in [0.15, 0.2) is 0 Å². The zero-order valence-corrected chi connectivity index (χ0v) is 21.1. The Morgan fingerprint density at radius 3 is 1.00 bits per heavy atom. The largest absolute Gasteiger partial charge is 1.00 e. The van der Waals surface area contributed by atoms with Crippen molar-refractivity contribution in [2.45, 2.75) is 12.2 Å². The molecule has 1 rings (SSSR count). The first-order valence-corrected chi connectivity index (χ1v) is 4.26. The molecule has 0 saturated carbocycles. The van der Waals surface area contributed by atoms with Gasteiger partial charge in [-0.25, -0.2) is 0 Å². The molecule has 21 heavy (non-hydrogen) atoms. The fourth-order valence-electron chi connectivity index (χ4n) is 1.65. The summed E-state index contributed by atoms with van der Waals surface area (Å²) in [6.07, 6.45) is -4.49. The van der Waals surface area contributed by atoms with Crippen LogP contribution in [0.2, 0.25) is 0 Å². The molecule has 1 fully saturated rings. The second-order valence-corrected chi connectivity index (χ2v) is 3.30. The van der Waals surface area contributed by atoms with Gasteiger partial charge in [-0.05, 0) is 0 Å². The minimum atomic E-state index is -2.24. The fraction of sp³-hybridized carbons (Fsp3) is 0.500. The predicted octanol–water partition coefficient (Wildman–Crippen LogP) is -19.0. The van der Waals surface area contributed by atoms with E-state index in [1.807, 2.05) is 0 Å². The van der Waals surface area contributed by atoms with Gasteiger partial charge >= 0.3 is 140 Å². The number of rotatable bonds is 4. The average Bonchev–Trinajstić information content (AvgIpc) is 2.56. The van der Waals surface area contributed by atoms with Gasteiger partial charge in [-0.15, -0.1) is 0 Å². The molecule has 1 saturated heterocycles. The van der Waals surface area contributed by atoms with E-state index < -0.39 is 47.9 Å². The summed E-state index contributed by atoms with van der Waals surface area (Å²) in [5.41, 5.74) is 0. The number of carboxylic acids is 4. The van der Waals surface area contributed by atoms with Crippen LogP contribution in [0, 0.1) is 11.8 Å². The van der Waals surface area contributed by atoms with E-state index in [4.69, 9.17) is 0 Å². The van der Waals surface area contributed by atoms with Gasteiger partial charge in [-0.1, -0.05) is 0 Å². The van der Waals surface area contributed by atoms with Gasteiger partial charge < -0.3 is 44.3 Å². The zero-order valence-electron chi connectivity index (χ0n) is 12.0. The molecule has 4 atom stereocenters. The van der Waals surface area contributed by atoms with Gasteiger partial charge in [0.2, 0.25) is 0 Å². The second-order valence-electron chi connectivity index (χ2n) is 3.30. The van der Waals surface area contributed by atoms with Crippen molar-refractivity contribution in [2.75, 3.05) is 0 Å². The molecule has 0 aliphatic carbocycles. The van der Waals surface area contributed by atoms with Crippen LogP contribution in [0.1, 0.15) is 0 Å². The second kappa shape index (κ2) is 13.7. The topological polar surface area (TPSA) is 170 Å². The number of ether oxygens (including phenoxy) is 1. The number of hydrogen-bond donors (Lipinski definition) is 0. The van der Waals surface area contributed by atoms with Crippen LogP contribution in [0.15, 0.2) is 0 Å². The van der Waals surface area contributed by atoms with Gasteiger partial charge in [0.05, 0.1) is 11.9 Å². The van der Waals surface area contributed by atoms with Crippen LogP contribution in [-0.2, 0) is 23.9 Å². The van der Waals surface area contributed by atoms with Crippen LogP contribution in [0.5, 0.6) is 0 Å². The van der Waals surface area contributed by atoms with Gasteiger partial charge in [-0.3, -0.25) is 0 Å². The maximum absolute atomic E-state index is 10.6. The van der Waals surface area contributed by atoms with E-state index in [1.54, 1.807) is 0 Å². The monoisotopic (exact) mass is 352 g/mol. The third-order valence-corrected chi connectivity index (χ3v) is 2.34. The maximum atomic E-state index is 10.6. The molecule has 4 unspecified atom stereocenters. The molecule has 0 N–H and O–H groups in total. The van der Waals surface area contributed by atoms with E-state index in [9.17, 15) is 39.6 Å². The van der Waals surface area contributed by atoms with Crippen molar-refractivity contribution >= 4 is 23.9 Å². The maximum Gasteiger partial charge on any atom is 1.00 e. The number of aliphatic carboxylic acids is 4. The van der Waals surface area contributed by atoms with E-state index in [0.717, 1.165) is 0 Å². The normalized spacial score (nSPS) is 25.9. The summed E-state index contributed by atoms with van der Waals surface area (Å²) in [6, 6.07) is 0. The first-order valence-electron chi connectivity index (χ1n) is 4.26. The molecule has 13 heteroatoms. The fourth-order valence-corrected chi connectivity index (χ4v) is 1.65. The standard InChI is InChI=1S/C8H8O9.K.3Na/c9-5(10)1-2(6(11)12)4(8(15)16)17-3(1)7(13)14;;;;/h1-4H,(H,9,10)(H,11,12)(H,13,14)(H,15,16);;;;/q;4*+1/p-4. The Kier molecular flexibility index (Phi) is 20.4. The molecule has 0 radical (unpaired) electrons. The van der Waals surface area contributed by atoms with Gasteiger partial charge in [0.1, 0.15) is 12.2 Å². The van der Waals surface area contributed by atoms with Gasteiger partial charge in [0, 0.05) is 23.8 Å². The summed E-state index contributed by atoms with van der Waals surface area (Å²) in [4.78, 5) is 42.2. The van der Waals surface area contributed by atoms with E-state index >= 15 is 0 Å². The van der Waals surface area contributed by atoms with Crippen molar-refractivity contribution in [3.05, 3.63) is 0 Å². The quantitative estimate of drug-likeness (QED) is 0.446. The molecule has 1 heterocycles. The predicted molar refractivity (Wildman–Crippen MR) is 35.7 cm³/mol. The SMILES string of the molecule is O=C([O-])C1OC(C(=O)[O-])C(C(=O)[O-])C1C(=O)[O-].[K+].[Na+].[Na+].[Na+]. The molecule has 9 nitrogen and oxygen atoms in total. The van der Waals surface area contributed by atoms with E-state index in [1.165, 1.54) is 0 Å². The summed E-state index contributed by atoms with van der Waals surface area (Å²) < 4.78 is 4.27. The minimum Gasteiger partial charge on any atom is -0.550 e. The first-order chi connectivity index (χ1) is 7.77. The smallest absolute Gasteiger partial charge is 0.550 e. The molecule has 0 spiro atoms. The van der Waals surface area contributed by atoms with Gasteiger partial charge in [0.25, 0.3) is 0 Å². The summed E-state index contributed by atoms with van der Waals surface area (Å²) >= 11 is 0. The first kappa shape index (κ1) is 31.3. The Labute approximate surface area is 227 Å². The van der Waals surface area contributed by atoms with Crippen LogP contribution in [0.25, 0.3) is 0 Å². The Hall–Kier alpha value is 2.48. The molecule has 0 aromatic carbocycles. The van der Waals surface area contributed by atoms with Crippen molar-refractivity contribution in [1.29, 1.82) is 0 Å². The molecular weight excluding hydrogens is 348 g/mol. The van der Waals surface area contributed by atoms with Crippen LogP contribution < -0.4 is 160 Å². The molecule has 0 amide bonds. The number of carbonyl (C=O) groups is 4. The van der Waals surface area contributed by atoms with E-state index in [-0.39, 0.29) is 140 Å². The van der Waals surface area contributed by atoms with Crippen LogP contribution in [-0.4, -0.2) is 36.1 Å². The molecular formula is C8H4KNa3O9. The van der Waals surface area contributed by atoms with E-state index in [2.05, 4.69) is 4.74 Å². The van der Waals surface area contributed by atoms with Crippen molar-refractivity contribution in [1.82, 2.24) is 0 Å².